The summed E-state index contributed by atoms with van der Waals surface area (Å²) in [7, 11) is 0. The second-order valence-electron chi connectivity index (χ2n) is 6.32. The predicted molar refractivity (Wildman–Crippen MR) is 107 cm³/mol. The molecule has 3 nitrogen and oxygen atoms in total. The van der Waals surface area contributed by atoms with E-state index in [1.54, 1.807) is 18.2 Å². The van der Waals surface area contributed by atoms with E-state index in [9.17, 15) is 4.79 Å². The molecular formula is C21H19Cl2NO2. The van der Waals surface area contributed by atoms with Crippen LogP contribution < -0.4 is 5.73 Å². The normalized spacial score (nSPS) is 13.4. The predicted octanol–water partition coefficient (Wildman–Crippen LogP) is 5.26. The zero-order chi connectivity index (χ0) is 18.7. The highest BCUT2D eigenvalue weighted by Crippen LogP contribution is 2.24. The van der Waals surface area contributed by atoms with Crippen molar-refractivity contribution in [2.24, 2.45) is 5.73 Å². The number of hydrogen-bond acceptors (Lipinski definition) is 3. The molecule has 0 bridgehead atoms. The number of ether oxygens (including phenoxy) is 1. The SMILES string of the molecule is C[C@H](N)[C@@H](Cc1ccc(Cl)c(Cl)c1)OC(=O)c1ccc2ccccc2c1. The van der Waals surface area contributed by atoms with Crippen molar-refractivity contribution in [2.75, 3.05) is 0 Å². The van der Waals surface area contributed by atoms with Gasteiger partial charge in [0.2, 0.25) is 0 Å². The lowest BCUT2D eigenvalue weighted by molar-refractivity contribution is 0.0253. The fourth-order valence-electron chi connectivity index (χ4n) is 2.76. The molecule has 0 spiro atoms. The monoisotopic (exact) mass is 387 g/mol. The average Bonchev–Trinajstić information content (AvgIpc) is 2.63. The molecule has 0 heterocycles. The van der Waals surface area contributed by atoms with E-state index < -0.39 is 12.1 Å². The molecule has 0 aromatic heterocycles. The van der Waals surface area contributed by atoms with E-state index in [0.29, 0.717) is 22.0 Å². The fraction of sp³-hybridized carbons (Fsp3) is 0.190. The number of rotatable bonds is 5. The Labute approximate surface area is 162 Å². The van der Waals surface area contributed by atoms with E-state index in [0.717, 1.165) is 16.3 Å². The van der Waals surface area contributed by atoms with Crippen LogP contribution >= 0.6 is 23.2 Å². The molecule has 0 saturated heterocycles. The number of halogens is 2. The minimum atomic E-state index is -0.466. The molecule has 0 saturated carbocycles. The maximum atomic E-state index is 12.6. The van der Waals surface area contributed by atoms with E-state index >= 15 is 0 Å². The molecule has 3 rings (SSSR count). The van der Waals surface area contributed by atoms with Crippen LogP contribution in [0.3, 0.4) is 0 Å². The maximum absolute atomic E-state index is 12.6. The number of nitrogens with two attached hydrogens (primary N) is 1. The molecule has 0 aliphatic carbocycles. The van der Waals surface area contributed by atoms with Gasteiger partial charge in [0.15, 0.2) is 0 Å². The number of hydrogen-bond donors (Lipinski definition) is 1. The first-order chi connectivity index (χ1) is 12.4. The Balaban J connectivity index is 1.77. The summed E-state index contributed by atoms with van der Waals surface area (Å²) in [4.78, 5) is 12.6. The molecule has 26 heavy (non-hydrogen) atoms. The molecule has 0 amide bonds. The second-order valence-corrected chi connectivity index (χ2v) is 7.13. The van der Waals surface area contributed by atoms with Gasteiger partial charge in [-0.1, -0.05) is 59.6 Å². The van der Waals surface area contributed by atoms with Crippen molar-refractivity contribution in [3.63, 3.8) is 0 Å². The van der Waals surface area contributed by atoms with Crippen LogP contribution in [-0.2, 0) is 11.2 Å². The maximum Gasteiger partial charge on any atom is 0.338 e. The van der Waals surface area contributed by atoms with Gasteiger partial charge >= 0.3 is 5.97 Å². The summed E-state index contributed by atoms with van der Waals surface area (Å²) in [5, 5.41) is 3.02. The van der Waals surface area contributed by atoms with Crippen LogP contribution in [0.4, 0.5) is 0 Å². The van der Waals surface area contributed by atoms with Gasteiger partial charge in [-0.2, -0.15) is 0 Å². The van der Waals surface area contributed by atoms with Gasteiger partial charge in [0.05, 0.1) is 15.6 Å². The van der Waals surface area contributed by atoms with E-state index in [-0.39, 0.29) is 6.04 Å². The van der Waals surface area contributed by atoms with Gasteiger partial charge in [0.1, 0.15) is 6.10 Å². The number of fused-ring (bicyclic) bond motifs is 1. The number of esters is 1. The van der Waals surface area contributed by atoms with Crippen molar-refractivity contribution in [1.82, 2.24) is 0 Å². The molecule has 3 aromatic rings. The molecule has 0 unspecified atom stereocenters. The van der Waals surface area contributed by atoms with Gasteiger partial charge in [-0.3, -0.25) is 0 Å². The Morgan fingerprint density at radius 1 is 1.00 bits per heavy atom. The number of benzene rings is 3. The van der Waals surface area contributed by atoms with Crippen molar-refractivity contribution in [2.45, 2.75) is 25.5 Å². The summed E-state index contributed by atoms with van der Waals surface area (Å²) < 4.78 is 5.68. The zero-order valence-electron chi connectivity index (χ0n) is 14.3. The van der Waals surface area contributed by atoms with Gasteiger partial charge in [0, 0.05) is 12.5 Å². The number of carbonyl (C=O) groups excluding carboxylic acids is 1. The lowest BCUT2D eigenvalue weighted by atomic mass is 10.0. The Morgan fingerprint density at radius 2 is 1.73 bits per heavy atom. The van der Waals surface area contributed by atoms with E-state index in [1.165, 1.54) is 0 Å². The Morgan fingerprint density at radius 3 is 2.42 bits per heavy atom. The van der Waals surface area contributed by atoms with Crippen molar-refractivity contribution in [1.29, 1.82) is 0 Å². The molecule has 134 valence electrons. The summed E-state index contributed by atoms with van der Waals surface area (Å²) in [6.45, 7) is 1.82. The summed E-state index contributed by atoms with van der Waals surface area (Å²) in [6.07, 6.45) is -0.000322. The van der Waals surface area contributed by atoms with Crippen LogP contribution in [-0.4, -0.2) is 18.1 Å². The molecule has 5 heteroatoms. The average molecular weight is 388 g/mol. The highest BCUT2D eigenvalue weighted by molar-refractivity contribution is 6.42. The largest absolute Gasteiger partial charge is 0.457 e. The topological polar surface area (TPSA) is 52.3 Å². The lowest BCUT2D eigenvalue weighted by Crippen LogP contribution is -2.37. The second kappa shape index (κ2) is 8.09. The van der Waals surface area contributed by atoms with Crippen molar-refractivity contribution in [3.05, 3.63) is 81.8 Å². The van der Waals surface area contributed by atoms with E-state index in [1.807, 2.05) is 49.4 Å². The Bertz CT molecular complexity index is 940. The molecule has 0 aliphatic rings. The van der Waals surface area contributed by atoms with Crippen LogP contribution in [0.5, 0.6) is 0 Å². The third-order valence-corrected chi connectivity index (χ3v) is 4.99. The van der Waals surface area contributed by atoms with Crippen molar-refractivity contribution >= 4 is 39.9 Å². The minimum absolute atomic E-state index is 0.325. The molecule has 3 aromatic carbocycles. The summed E-state index contributed by atoms with van der Waals surface area (Å²) in [6, 6.07) is 18.4. The quantitative estimate of drug-likeness (QED) is 0.607. The van der Waals surface area contributed by atoms with Gasteiger partial charge in [0.25, 0.3) is 0 Å². The minimum Gasteiger partial charge on any atom is -0.457 e. The van der Waals surface area contributed by atoms with Crippen LogP contribution in [0, 0.1) is 0 Å². The van der Waals surface area contributed by atoms with E-state index in [4.69, 9.17) is 33.7 Å². The van der Waals surface area contributed by atoms with Gasteiger partial charge < -0.3 is 10.5 Å². The van der Waals surface area contributed by atoms with Crippen molar-refractivity contribution in [3.8, 4) is 0 Å². The zero-order valence-corrected chi connectivity index (χ0v) is 15.8. The first-order valence-electron chi connectivity index (χ1n) is 8.33. The Hall–Kier alpha value is -2.07. The highest BCUT2D eigenvalue weighted by Gasteiger charge is 2.21. The number of carbonyl (C=O) groups is 1. The fourth-order valence-corrected chi connectivity index (χ4v) is 3.08. The smallest absolute Gasteiger partial charge is 0.338 e. The third-order valence-electron chi connectivity index (χ3n) is 4.25. The van der Waals surface area contributed by atoms with Gasteiger partial charge in [-0.05, 0) is 47.5 Å². The van der Waals surface area contributed by atoms with Gasteiger partial charge in [-0.25, -0.2) is 4.79 Å². The molecule has 0 fully saturated rings. The molecule has 2 atom stereocenters. The molecule has 0 aliphatic heterocycles. The van der Waals surface area contributed by atoms with Gasteiger partial charge in [-0.15, -0.1) is 0 Å². The summed E-state index contributed by atoms with van der Waals surface area (Å²) >= 11 is 12.0. The lowest BCUT2D eigenvalue weighted by Gasteiger charge is -2.22. The standard InChI is InChI=1S/C21H19Cl2NO2/c1-13(24)20(11-14-6-9-18(22)19(23)10-14)26-21(25)17-8-7-15-4-2-3-5-16(15)12-17/h2-10,12-13,20H,11,24H2,1H3/t13-,20+/m0/s1. The summed E-state index contributed by atoms with van der Waals surface area (Å²) in [5.74, 6) is -0.391. The molecular weight excluding hydrogens is 369 g/mol. The third kappa shape index (κ3) is 4.36. The summed E-state index contributed by atoms with van der Waals surface area (Å²) in [5.41, 5.74) is 7.45. The van der Waals surface area contributed by atoms with E-state index in [2.05, 4.69) is 0 Å². The van der Waals surface area contributed by atoms with Crippen LogP contribution in [0.1, 0.15) is 22.8 Å². The molecule has 2 N–H and O–H groups in total. The first-order valence-corrected chi connectivity index (χ1v) is 9.09. The first kappa shape index (κ1) is 18.7. The van der Waals surface area contributed by atoms with Crippen LogP contribution in [0.2, 0.25) is 10.0 Å². The van der Waals surface area contributed by atoms with Crippen molar-refractivity contribution < 1.29 is 9.53 Å². The van der Waals surface area contributed by atoms with Crippen LogP contribution in [0.15, 0.2) is 60.7 Å². The highest BCUT2D eigenvalue weighted by atomic mass is 35.5. The van der Waals surface area contributed by atoms with Crippen LogP contribution in [0.25, 0.3) is 10.8 Å². The Kier molecular flexibility index (Phi) is 5.82. The molecule has 0 radical (unpaired) electrons.